The van der Waals surface area contributed by atoms with Gasteiger partial charge < -0.3 is 15.0 Å². The summed E-state index contributed by atoms with van der Waals surface area (Å²) in [5.41, 5.74) is -0.403. The Labute approximate surface area is 136 Å². The van der Waals surface area contributed by atoms with Gasteiger partial charge >= 0.3 is 6.09 Å². The van der Waals surface area contributed by atoms with E-state index in [0.717, 1.165) is 44.3 Å². The average molecular weight is 310 g/mol. The van der Waals surface area contributed by atoms with Crippen LogP contribution in [0.1, 0.15) is 66.2 Å². The second kappa shape index (κ2) is 7.67. The van der Waals surface area contributed by atoms with E-state index in [9.17, 15) is 4.79 Å². The van der Waals surface area contributed by atoms with E-state index >= 15 is 0 Å². The molecule has 2 rings (SSSR count). The van der Waals surface area contributed by atoms with Gasteiger partial charge in [0.2, 0.25) is 0 Å². The molecule has 4 nitrogen and oxygen atoms in total. The number of nitrogens with one attached hydrogen (secondary N) is 1. The van der Waals surface area contributed by atoms with Gasteiger partial charge in [0.25, 0.3) is 0 Å². The van der Waals surface area contributed by atoms with Gasteiger partial charge in [-0.25, -0.2) is 4.79 Å². The average Bonchev–Trinajstić information content (AvgIpc) is 2.69. The van der Waals surface area contributed by atoms with Crippen LogP contribution in [0.25, 0.3) is 0 Å². The Bertz CT molecular complexity index is 365. The van der Waals surface area contributed by atoms with E-state index in [4.69, 9.17) is 4.74 Å². The number of ether oxygens (including phenoxy) is 1. The van der Waals surface area contributed by atoms with Crippen LogP contribution < -0.4 is 5.32 Å². The molecule has 0 aromatic heterocycles. The highest BCUT2D eigenvalue weighted by atomic mass is 16.6. The van der Waals surface area contributed by atoms with Crippen molar-refractivity contribution in [2.75, 3.05) is 19.6 Å². The quantitative estimate of drug-likeness (QED) is 0.862. The summed E-state index contributed by atoms with van der Waals surface area (Å²) in [4.78, 5) is 14.0. The first-order chi connectivity index (χ1) is 10.3. The van der Waals surface area contributed by atoms with Gasteiger partial charge in [0.15, 0.2) is 0 Å². The molecule has 0 bridgehead atoms. The maximum atomic E-state index is 12.2. The van der Waals surface area contributed by atoms with Crippen LogP contribution in [0.5, 0.6) is 0 Å². The summed E-state index contributed by atoms with van der Waals surface area (Å²) in [5, 5.41) is 3.76. The molecule has 22 heavy (non-hydrogen) atoms. The molecule has 1 heterocycles. The number of rotatable bonds is 3. The van der Waals surface area contributed by atoms with Crippen LogP contribution >= 0.6 is 0 Å². The third-order valence-corrected chi connectivity index (χ3v) is 5.09. The monoisotopic (exact) mass is 310 g/mol. The van der Waals surface area contributed by atoms with Crippen molar-refractivity contribution in [2.24, 2.45) is 11.8 Å². The van der Waals surface area contributed by atoms with Crippen LogP contribution in [0.3, 0.4) is 0 Å². The zero-order valence-electron chi connectivity index (χ0n) is 14.9. The number of carbonyl (C=O) groups is 1. The predicted octanol–water partition coefficient (Wildman–Crippen LogP) is 3.80. The van der Waals surface area contributed by atoms with E-state index in [2.05, 4.69) is 12.2 Å². The number of hydrogen-bond donors (Lipinski definition) is 1. The molecule has 2 fully saturated rings. The molecule has 0 aromatic rings. The molecule has 1 saturated carbocycles. The van der Waals surface area contributed by atoms with Gasteiger partial charge in [-0.2, -0.15) is 0 Å². The van der Waals surface area contributed by atoms with E-state index in [1.807, 2.05) is 25.7 Å². The Kier molecular flexibility index (Phi) is 6.13. The normalized spacial score (nSPS) is 30.2. The van der Waals surface area contributed by atoms with Gasteiger partial charge in [-0.3, -0.25) is 0 Å². The second-order valence-electron chi connectivity index (χ2n) is 8.17. The minimum absolute atomic E-state index is 0.155. The minimum atomic E-state index is -0.403. The highest BCUT2D eigenvalue weighted by Gasteiger charge is 2.27. The third kappa shape index (κ3) is 5.45. The van der Waals surface area contributed by atoms with Gasteiger partial charge in [-0.1, -0.05) is 19.8 Å². The Morgan fingerprint density at radius 2 is 1.91 bits per heavy atom. The summed E-state index contributed by atoms with van der Waals surface area (Å²) < 4.78 is 5.49. The molecule has 2 aliphatic rings. The van der Waals surface area contributed by atoms with Crippen molar-refractivity contribution in [2.45, 2.75) is 77.9 Å². The third-order valence-electron chi connectivity index (χ3n) is 5.09. The van der Waals surface area contributed by atoms with E-state index < -0.39 is 5.60 Å². The number of hydrogen-bond acceptors (Lipinski definition) is 3. The van der Waals surface area contributed by atoms with E-state index in [1.54, 1.807) is 0 Å². The van der Waals surface area contributed by atoms with Crippen molar-refractivity contribution in [3.63, 3.8) is 0 Å². The van der Waals surface area contributed by atoms with Crippen molar-refractivity contribution < 1.29 is 9.53 Å². The second-order valence-corrected chi connectivity index (χ2v) is 8.17. The molecule has 0 aromatic carbocycles. The van der Waals surface area contributed by atoms with Gasteiger partial charge in [-0.15, -0.1) is 0 Å². The molecular formula is C18H34N2O2. The topological polar surface area (TPSA) is 41.6 Å². The Morgan fingerprint density at radius 3 is 2.55 bits per heavy atom. The van der Waals surface area contributed by atoms with Crippen LogP contribution in [-0.2, 0) is 4.74 Å². The van der Waals surface area contributed by atoms with Gasteiger partial charge in [0, 0.05) is 19.1 Å². The van der Waals surface area contributed by atoms with Crippen LogP contribution in [0.15, 0.2) is 0 Å². The van der Waals surface area contributed by atoms with Gasteiger partial charge in [0.1, 0.15) is 5.60 Å². The van der Waals surface area contributed by atoms with Crippen molar-refractivity contribution in [1.82, 2.24) is 10.2 Å². The fourth-order valence-electron chi connectivity index (χ4n) is 3.65. The SMILES string of the molecule is CC1CCCC1CNC1CCCN(C(=O)OC(C)(C)C)CC1. The molecule has 1 saturated heterocycles. The molecular weight excluding hydrogens is 276 g/mol. The van der Waals surface area contributed by atoms with Crippen LogP contribution in [-0.4, -0.2) is 42.3 Å². The summed E-state index contributed by atoms with van der Waals surface area (Å²) in [6.07, 6.45) is 7.29. The van der Waals surface area contributed by atoms with Crippen molar-refractivity contribution >= 4 is 6.09 Å². The molecule has 1 aliphatic heterocycles. The van der Waals surface area contributed by atoms with Crippen LogP contribution in [0.2, 0.25) is 0 Å². The number of likely N-dealkylation sites (tertiary alicyclic amines) is 1. The van der Waals surface area contributed by atoms with Crippen molar-refractivity contribution in [3.05, 3.63) is 0 Å². The first-order valence-electron chi connectivity index (χ1n) is 9.06. The Balaban J connectivity index is 1.73. The fourth-order valence-corrected chi connectivity index (χ4v) is 3.65. The van der Waals surface area contributed by atoms with Crippen molar-refractivity contribution in [3.8, 4) is 0 Å². The molecule has 3 unspecified atom stereocenters. The van der Waals surface area contributed by atoms with E-state index in [1.165, 1.54) is 25.7 Å². The molecule has 128 valence electrons. The molecule has 3 atom stereocenters. The number of amides is 1. The standard InChI is InChI=1S/C18H34N2O2/c1-14-7-5-8-15(14)13-19-16-9-6-11-20(12-10-16)17(21)22-18(2,3)4/h14-16,19H,5-13H2,1-4H3. The van der Waals surface area contributed by atoms with Crippen molar-refractivity contribution in [1.29, 1.82) is 0 Å². The zero-order valence-corrected chi connectivity index (χ0v) is 14.9. The molecule has 0 radical (unpaired) electrons. The molecule has 1 N–H and O–H groups in total. The lowest BCUT2D eigenvalue weighted by Crippen LogP contribution is -2.38. The molecule has 4 heteroatoms. The minimum Gasteiger partial charge on any atom is -0.444 e. The molecule has 0 spiro atoms. The maximum Gasteiger partial charge on any atom is 0.410 e. The highest BCUT2D eigenvalue weighted by molar-refractivity contribution is 5.68. The highest BCUT2D eigenvalue weighted by Crippen LogP contribution is 2.30. The Morgan fingerprint density at radius 1 is 1.14 bits per heavy atom. The first kappa shape index (κ1) is 17.6. The number of nitrogens with zero attached hydrogens (tertiary/aromatic N) is 1. The summed E-state index contributed by atoms with van der Waals surface area (Å²) in [6, 6.07) is 0.556. The number of carbonyl (C=O) groups excluding carboxylic acids is 1. The summed E-state index contributed by atoms with van der Waals surface area (Å²) in [6.45, 7) is 11.0. The lowest BCUT2D eigenvalue weighted by atomic mass is 9.97. The van der Waals surface area contributed by atoms with Crippen LogP contribution in [0, 0.1) is 11.8 Å². The zero-order chi connectivity index (χ0) is 16.2. The fraction of sp³-hybridized carbons (Fsp3) is 0.944. The van der Waals surface area contributed by atoms with Gasteiger partial charge in [-0.05, 0) is 64.8 Å². The lowest BCUT2D eigenvalue weighted by Gasteiger charge is -2.26. The first-order valence-corrected chi connectivity index (χ1v) is 9.06. The smallest absolute Gasteiger partial charge is 0.410 e. The largest absolute Gasteiger partial charge is 0.444 e. The summed E-state index contributed by atoms with van der Waals surface area (Å²) >= 11 is 0. The lowest BCUT2D eigenvalue weighted by molar-refractivity contribution is 0.0256. The maximum absolute atomic E-state index is 12.2. The predicted molar refractivity (Wildman–Crippen MR) is 90.0 cm³/mol. The molecule has 1 amide bonds. The van der Waals surface area contributed by atoms with E-state index in [-0.39, 0.29) is 6.09 Å². The summed E-state index contributed by atoms with van der Waals surface area (Å²) in [5.74, 6) is 1.72. The van der Waals surface area contributed by atoms with Crippen LogP contribution in [0.4, 0.5) is 4.79 Å². The summed E-state index contributed by atoms with van der Waals surface area (Å²) in [7, 11) is 0. The Hall–Kier alpha value is -0.770. The van der Waals surface area contributed by atoms with E-state index in [0.29, 0.717) is 6.04 Å². The molecule has 1 aliphatic carbocycles. The van der Waals surface area contributed by atoms with Gasteiger partial charge in [0.05, 0.1) is 0 Å².